The zero-order chi connectivity index (χ0) is 18.9. The first-order chi connectivity index (χ1) is 13.0. The van der Waals surface area contributed by atoms with Crippen LogP contribution in [0.5, 0.6) is 5.75 Å². The van der Waals surface area contributed by atoms with Crippen molar-refractivity contribution in [1.29, 1.82) is 0 Å². The van der Waals surface area contributed by atoms with Gasteiger partial charge in [0.1, 0.15) is 17.7 Å². The Morgan fingerprint density at radius 2 is 2.11 bits per heavy atom. The van der Waals surface area contributed by atoms with Gasteiger partial charge < -0.3 is 19.3 Å². The molecule has 0 saturated carbocycles. The molecule has 10 nitrogen and oxygen atoms in total. The molecule has 0 aliphatic carbocycles. The van der Waals surface area contributed by atoms with E-state index in [1.54, 1.807) is 41.1 Å². The molecule has 1 unspecified atom stereocenters. The van der Waals surface area contributed by atoms with E-state index < -0.39 is 5.60 Å². The Kier molecular flexibility index (Phi) is 4.38. The Labute approximate surface area is 155 Å². The van der Waals surface area contributed by atoms with Gasteiger partial charge in [-0.05, 0) is 47.5 Å². The first-order valence-electron chi connectivity index (χ1n) is 8.73. The van der Waals surface area contributed by atoms with Crippen LogP contribution in [0.2, 0.25) is 0 Å². The van der Waals surface area contributed by atoms with Crippen molar-refractivity contribution in [3.8, 4) is 11.4 Å². The summed E-state index contributed by atoms with van der Waals surface area (Å²) in [7, 11) is 1.71. The van der Waals surface area contributed by atoms with Crippen LogP contribution >= 0.6 is 0 Å². The molecule has 0 radical (unpaired) electrons. The lowest BCUT2D eigenvalue weighted by Gasteiger charge is -2.38. The molecule has 2 aromatic rings. The molecule has 1 aromatic heterocycles. The summed E-state index contributed by atoms with van der Waals surface area (Å²) in [6.45, 7) is 1.49. The maximum Gasteiger partial charge on any atom is 0.410 e. The van der Waals surface area contributed by atoms with Gasteiger partial charge in [-0.25, -0.2) is 9.48 Å². The SMILES string of the molecule is CN1CC2(CCCN(C(=O)COc3ccc(-n4cnnn4)cc3)C2)OC1=O. The van der Waals surface area contributed by atoms with Gasteiger partial charge in [-0.1, -0.05) is 0 Å². The van der Waals surface area contributed by atoms with Gasteiger partial charge in [0, 0.05) is 13.6 Å². The van der Waals surface area contributed by atoms with Gasteiger partial charge in [0.25, 0.3) is 5.91 Å². The highest BCUT2D eigenvalue weighted by atomic mass is 16.6. The van der Waals surface area contributed by atoms with E-state index in [-0.39, 0.29) is 18.6 Å². The highest BCUT2D eigenvalue weighted by molar-refractivity contribution is 5.78. The number of rotatable bonds is 4. The van der Waals surface area contributed by atoms with E-state index in [4.69, 9.17) is 9.47 Å². The maximum absolute atomic E-state index is 12.5. The van der Waals surface area contributed by atoms with E-state index in [1.807, 2.05) is 0 Å². The summed E-state index contributed by atoms with van der Waals surface area (Å²) in [5.74, 6) is 0.461. The van der Waals surface area contributed by atoms with Gasteiger partial charge in [-0.3, -0.25) is 4.79 Å². The fourth-order valence-electron chi connectivity index (χ4n) is 3.53. The topological polar surface area (TPSA) is 103 Å². The lowest BCUT2D eigenvalue weighted by molar-refractivity contribution is -0.139. The van der Waals surface area contributed by atoms with E-state index in [1.165, 1.54) is 11.0 Å². The molecular formula is C17H20N6O4. The normalized spacial score (nSPS) is 22.2. The molecule has 1 spiro atoms. The van der Waals surface area contributed by atoms with Gasteiger partial charge in [-0.2, -0.15) is 0 Å². The van der Waals surface area contributed by atoms with Crippen molar-refractivity contribution in [1.82, 2.24) is 30.0 Å². The summed E-state index contributed by atoms with van der Waals surface area (Å²) in [6.07, 6.45) is 2.74. The number of carbonyl (C=O) groups is 2. The smallest absolute Gasteiger partial charge is 0.410 e. The Balaban J connectivity index is 1.33. The molecule has 2 aliphatic rings. The van der Waals surface area contributed by atoms with Crippen LogP contribution < -0.4 is 4.74 Å². The van der Waals surface area contributed by atoms with Gasteiger partial charge in [-0.15, -0.1) is 5.10 Å². The summed E-state index contributed by atoms with van der Waals surface area (Å²) in [4.78, 5) is 27.5. The monoisotopic (exact) mass is 372 g/mol. The second kappa shape index (κ2) is 6.86. The number of ether oxygens (including phenoxy) is 2. The third-order valence-electron chi connectivity index (χ3n) is 4.85. The van der Waals surface area contributed by atoms with Gasteiger partial charge in [0.15, 0.2) is 6.61 Å². The van der Waals surface area contributed by atoms with Crippen LogP contribution in [0.15, 0.2) is 30.6 Å². The molecule has 2 fully saturated rings. The molecule has 0 N–H and O–H groups in total. The zero-order valence-electron chi connectivity index (χ0n) is 14.9. The van der Waals surface area contributed by atoms with Crippen LogP contribution in [-0.2, 0) is 9.53 Å². The number of nitrogens with zero attached hydrogens (tertiary/aromatic N) is 6. The lowest BCUT2D eigenvalue weighted by Crippen LogP contribution is -2.53. The second-order valence-corrected chi connectivity index (χ2v) is 6.86. The number of likely N-dealkylation sites (tertiary alicyclic amines) is 1. The number of tetrazole rings is 1. The van der Waals surface area contributed by atoms with Gasteiger partial charge in [0.05, 0.1) is 18.8 Å². The number of hydrogen-bond acceptors (Lipinski definition) is 7. The molecule has 2 saturated heterocycles. The molecule has 1 atom stereocenters. The molecule has 0 bridgehead atoms. The summed E-state index contributed by atoms with van der Waals surface area (Å²) in [5.41, 5.74) is 0.205. The number of amides is 2. The first kappa shape index (κ1) is 17.3. The van der Waals surface area contributed by atoms with Gasteiger partial charge in [0.2, 0.25) is 0 Å². The Morgan fingerprint density at radius 3 is 2.78 bits per heavy atom. The number of benzene rings is 1. The quantitative estimate of drug-likeness (QED) is 0.769. The van der Waals surface area contributed by atoms with E-state index in [9.17, 15) is 9.59 Å². The Bertz CT molecular complexity index is 824. The molecule has 3 heterocycles. The predicted octanol–water partition coefficient (Wildman–Crippen LogP) is 0.484. The van der Waals surface area contributed by atoms with Crippen LogP contribution in [0.3, 0.4) is 0 Å². The number of aromatic nitrogens is 4. The zero-order valence-corrected chi connectivity index (χ0v) is 14.9. The molecule has 2 amide bonds. The second-order valence-electron chi connectivity index (χ2n) is 6.86. The number of piperidine rings is 1. The number of carbonyl (C=O) groups excluding carboxylic acids is 2. The minimum atomic E-state index is -0.590. The molecule has 10 heteroatoms. The van der Waals surface area contributed by atoms with Crippen LogP contribution in [0.4, 0.5) is 4.79 Å². The average molecular weight is 372 g/mol. The minimum Gasteiger partial charge on any atom is -0.484 e. The largest absolute Gasteiger partial charge is 0.484 e. The maximum atomic E-state index is 12.5. The van der Waals surface area contributed by atoms with Crippen molar-refractivity contribution in [3.63, 3.8) is 0 Å². The van der Waals surface area contributed by atoms with Crippen molar-refractivity contribution in [2.24, 2.45) is 0 Å². The van der Waals surface area contributed by atoms with Crippen LogP contribution in [-0.4, -0.2) is 80.9 Å². The summed E-state index contributed by atoms with van der Waals surface area (Å²) >= 11 is 0. The molecule has 27 heavy (non-hydrogen) atoms. The highest BCUT2D eigenvalue weighted by Crippen LogP contribution is 2.31. The highest BCUT2D eigenvalue weighted by Gasteiger charge is 2.47. The van der Waals surface area contributed by atoms with Crippen molar-refractivity contribution in [3.05, 3.63) is 30.6 Å². The van der Waals surface area contributed by atoms with E-state index in [2.05, 4.69) is 15.5 Å². The summed E-state index contributed by atoms with van der Waals surface area (Å²) in [6, 6.07) is 7.13. The third kappa shape index (κ3) is 3.55. The van der Waals surface area contributed by atoms with Crippen LogP contribution in [0.1, 0.15) is 12.8 Å². The van der Waals surface area contributed by atoms with Gasteiger partial charge >= 0.3 is 6.09 Å². The molecule has 1 aromatic carbocycles. The first-order valence-corrected chi connectivity index (χ1v) is 8.73. The predicted molar refractivity (Wildman–Crippen MR) is 92.3 cm³/mol. The number of hydrogen-bond donors (Lipinski definition) is 0. The Hall–Kier alpha value is -3.17. The average Bonchev–Trinajstić information content (AvgIpc) is 3.29. The van der Waals surface area contributed by atoms with Crippen molar-refractivity contribution in [2.75, 3.05) is 33.3 Å². The summed E-state index contributed by atoms with van der Waals surface area (Å²) < 4.78 is 12.7. The van der Waals surface area contributed by atoms with Crippen molar-refractivity contribution >= 4 is 12.0 Å². The molecule has 2 aliphatic heterocycles. The molecule has 142 valence electrons. The van der Waals surface area contributed by atoms with Crippen molar-refractivity contribution in [2.45, 2.75) is 18.4 Å². The van der Waals surface area contributed by atoms with E-state index in [0.717, 1.165) is 18.5 Å². The minimum absolute atomic E-state index is 0.0654. The standard InChI is InChI=1S/C17H20N6O4/c1-21-10-17(27-16(21)25)7-2-8-22(11-17)15(24)9-26-14-5-3-13(4-6-14)23-12-18-19-20-23/h3-6,12H,2,7-11H2,1H3. The third-order valence-corrected chi connectivity index (χ3v) is 4.85. The fourth-order valence-corrected chi connectivity index (χ4v) is 3.53. The van der Waals surface area contributed by atoms with Crippen LogP contribution in [0, 0.1) is 0 Å². The Morgan fingerprint density at radius 1 is 1.30 bits per heavy atom. The fraction of sp³-hybridized carbons (Fsp3) is 0.471. The molecular weight excluding hydrogens is 352 g/mol. The summed E-state index contributed by atoms with van der Waals surface area (Å²) in [5, 5.41) is 11.0. The van der Waals surface area contributed by atoms with Crippen LogP contribution in [0.25, 0.3) is 5.69 Å². The number of likely N-dealkylation sites (N-methyl/N-ethyl adjacent to an activating group) is 1. The van der Waals surface area contributed by atoms with Crippen molar-refractivity contribution < 1.29 is 19.1 Å². The van der Waals surface area contributed by atoms with E-state index >= 15 is 0 Å². The lowest BCUT2D eigenvalue weighted by atomic mass is 9.93. The molecule has 4 rings (SSSR count). The van der Waals surface area contributed by atoms with E-state index in [0.29, 0.717) is 25.4 Å².